The van der Waals surface area contributed by atoms with Crippen molar-refractivity contribution in [2.75, 3.05) is 5.32 Å². The Bertz CT molecular complexity index is 623. The van der Waals surface area contributed by atoms with Gasteiger partial charge < -0.3 is 11.1 Å². The van der Waals surface area contributed by atoms with Crippen LogP contribution in [0.25, 0.3) is 0 Å². The lowest BCUT2D eigenvalue weighted by atomic mass is 10.1. The number of carbonyl (C=O) groups excluding carboxylic acids is 3. The number of benzene rings is 1. The van der Waals surface area contributed by atoms with E-state index in [1.807, 2.05) is 5.43 Å². The molecular formula is C12H11F3N4O3. The molecule has 0 atom stereocenters. The van der Waals surface area contributed by atoms with Crippen molar-refractivity contribution in [2.45, 2.75) is 13.1 Å². The third-order valence-electron chi connectivity index (χ3n) is 2.37. The van der Waals surface area contributed by atoms with Gasteiger partial charge in [-0.1, -0.05) is 12.1 Å². The first-order valence-corrected chi connectivity index (χ1v) is 5.74. The van der Waals surface area contributed by atoms with Gasteiger partial charge in [0.2, 0.25) is 0 Å². The van der Waals surface area contributed by atoms with Crippen molar-refractivity contribution in [1.82, 2.24) is 5.43 Å². The molecule has 0 aliphatic rings. The molecule has 0 heterocycles. The van der Waals surface area contributed by atoms with Crippen LogP contribution in [0.1, 0.15) is 12.5 Å². The first kappa shape index (κ1) is 17.1. The number of nitrogens with two attached hydrogens (primary N) is 1. The van der Waals surface area contributed by atoms with Gasteiger partial charge >= 0.3 is 23.9 Å². The number of rotatable bonds is 3. The Morgan fingerprint density at radius 1 is 1.14 bits per heavy atom. The zero-order valence-electron chi connectivity index (χ0n) is 11.2. The number of alkyl halides is 3. The summed E-state index contributed by atoms with van der Waals surface area (Å²) in [6.07, 6.45) is -4.98. The van der Waals surface area contributed by atoms with Gasteiger partial charge in [-0.15, -0.1) is 0 Å². The third kappa shape index (κ3) is 4.89. The highest BCUT2D eigenvalue weighted by molar-refractivity contribution is 6.34. The molecule has 0 fully saturated rings. The van der Waals surface area contributed by atoms with Gasteiger partial charge in [0.25, 0.3) is 0 Å². The molecule has 0 aliphatic carbocycles. The topological polar surface area (TPSA) is 114 Å². The number of carbonyl (C=O) groups is 3. The van der Waals surface area contributed by atoms with E-state index in [9.17, 15) is 27.6 Å². The smallest absolute Gasteiger partial charge is 0.361 e. The third-order valence-corrected chi connectivity index (χ3v) is 2.37. The van der Waals surface area contributed by atoms with Crippen LogP contribution in [0, 0.1) is 0 Å². The lowest BCUT2D eigenvalue weighted by Crippen LogP contribution is -2.33. The number of hydrogen-bond acceptors (Lipinski definition) is 4. The lowest BCUT2D eigenvalue weighted by molar-refractivity contribution is -0.167. The average Bonchev–Trinajstić information content (AvgIpc) is 2.43. The van der Waals surface area contributed by atoms with Crippen LogP contribution in [-0.2, 0) is 14.4 Å². The molecule has 0 spiro atoms. The van der Waals surface area contributed by atoms with Crippen LogP contribution in [-0.4, -0.2) is 29.6 Å². The van der Waals surface area contributed by atoms with E-state index in [4.69, 9.17) is 5.73 Å². The molecule has 118 valence electrons. The summed E-state index contributed by atoms with van der Waals surface area (Å²) in [5, 5.41) is 5.27. The Morgan fingerprint density at radius 2 is 1.68 bits per heavy atom. The van der Waals surface area contributed by atoms with Crippen LogP contribution in [0.3, 0.4) is 0 Å². The van der Waals surface area contributed by atoms with E-state index in [1.165, 1.54) is 31.2 Å². The van der Waals surface area contributed by atoms with Gasteiger partial charge in [-0.2, -0.15) is 18.3 Å². The quantitative estimate of drug-likeness (QED) is 0.429. The summed E-state index contributed by atoms with van der Waals surface area (Å²) >= 11 is 0. The standard InChI is InChI=1S/C12H11F3N4O3/c1-6(18-19-10(21)9(16)20)7-2-4-8(5-3-7)17-11(22)12(13,14)15/h2-5H,1H3,(H2,16,20)(H,17,22)(H,19,21)/b18-6+. The molecule has 0 aliphatic heterocycles. The molecule has 4 N–H and O–H groups in total. The van der Waals surface area contributed by atoms with Crippen LogP contribution < -0.4 is 16.5 Å². The molecule has 0 aromatic heterocycles. The molecule has 0 saturated heterocycles. The number of amides is 3. The van der Waals surface area contributed by atoms with Gasteiger partial charge in [-0.25, -0.2) is 5.43 Å². The molecule has 0 bridgehead atoms. The number of primary amides is 1. The summed E-state index contributed by atoms with van der Waals surface area (Å²) in [7, 11) is 0. The molecule has 22 heavy (non-hydrogen) atoms. The fourth-order valence-electron chi connectivity index (χ4n) is 1.25. The molecule has 0 unspecified atom stereocenters. The van der Waals surface area contributed by atoms with E-state index >= 15 is 0 Å². The summed E-state index contributed by atoms with van der Waals surface area (Å²) in [5.74, 6) is -4.39. The first-order chi connectivity index (χ1) is 10.1. The second kappa shape index (κ2) is 6.70. The van der Waals surface area contributed by atoms with Gasteiger partial charge in [0.05, 0.1) is 5.71 Å². The van der Waals surface area contributed by atoms with E-state index in [1.54, 1.807) is 5.32 Å². The van der Waals surface area contributed by atoms with E-state index in [-0.39, 0.29) is 11.4 Å². The summed E-state index contributed by atoms with van der Waals surface area (Å²) in [6.45, 7) is 1.49. The molecular weight excluding hydrogens is 305 g/mol. The number of hydrogen-bond donors (Lipinski definition) is 3. The molecule has 0 saturated carbocycles. The summed E-state index contributed by atoms with van der Waals surface area (Å²) < 4.78 is 36.2. The minimum atomic E-state index is -4.98. The van der Waals surface area contributed by atoms with Gasteiger partial charge in [-0.05, 0) is 24.6 Å². The molecule has 1 aromatic rings. The van der Waals surface area contributed by atoms with Crippen molar-refractivity contribution in [3.63, 3.8) is 0 Å². The molecule has 0 radical (unpaired) electrons. The Kier molecular flexibility index (Phi) is 5.22. The van der Waals surface area contributed by atoms with Crippen molar-refractivity contribution in [3.05, 3.63) is 29.8 Å². The minimum absolute atomic E-state index is 0.0555. The van der Waals surface area contributed by atoms with Crippen LogP contribution in [0.15, 0.2) is 29.4 Å². The predicted molar refractivity (Wildman–Crippen MR) is 70.7 cm³/mol. The first-order valence-electron chi connectivity index (χ1n) is 5.74. The monoisotopic (exact) mass is 316 g/mol. The summed E-state index contributed by atoms with van der Waals surface area (Å²) in [4.78, 5) is 32.1. The summed E-state index contributed by atoms with van der Waals surface area (Å²) in [5.41, 5.74) is 7.29. The van der Waals surface area contributed by atoms with Crippen LogP contribution >= 0.6 is 0 Å². The highest BCUT2D eigenvalue weighted by Gasteiger charge is 2.38. The van der Waals surface area contributed by atoms with Crippen molar-refractivity contribution in [3.8, 4) is 0 Å². The Morgan fingerprint density at radius 3 is 2.14 bits per heavy atom. The molecule has 3 amide bonds. The number of halogens is 3. The molecule has 1 aromatic carbocycles. The van der Waals surface area contributed by atoms with Gasteiger partial charge in [0, 0.05) is 5.69 Å². The maximum atomic E-state index is 12.1. The maximum absolute atomic E-state index is 12.1. The fraction of sp³-hybridized carbons (Fsp3) is 0.167. The number of nitrogens with zero attached hydrogens (tertiary/aromatic N) is 1. The predicted octanol–water partition coefficient (Wildman–Crippen LogP) is 0.513. The Balaban J connectivity index is 2.76. The maximum Gasteiger partial charge on any atom is 0.471 e. The average molecular weight is 316 g/mol. The number of nitrogens with one attached hydrogen (secondary N) is 2. The number of hydrazone groups is 1. The largest absolute Gasteiger partial charge is 0.471 e. The van der Waals surface area contributed by atoms with Gasteiger partial charge in [-0.3, -0.25) is 14.4 Å². The second-order valence-corrected chi connectivity index (χ2v) is 4.03. The second-order valence-electron chi connectivity index (χ2n) is 4.03. The van der Waals surface area contributed by atoms with E-state index < -0.39 is 23.9 Å². The van der Waals surface area contributed by atoms with E-state index in [0.29, 0.717) is 5.56 Å². The van der Waals surface area contributed by atoms with Crippen LogP contribution in [0.5, 0.6) is 0 Å². The van der Waals surface area contributed by atoms with Crippen LogP contribution in [0.4, 0.5) is 18.9 Å². The normalized spacial score (nSPS) is 11.7. The minimum Gasteiger partial charge on any atom is -0.361 e. The SMILES string of the molecule is C/C(=N\NC(=O)C(N)=O)c1ccc(NC(=O)C(F)(F)F)cc1. The highest BCUT2D eigenvalue weighted by atomic mass is 19.4. The zero-order valence-corrected chi connectivity index (χ0v) is 11.2. The van der Waals surface area contributed by atoms with E-state index in [2.05, 4.69) is 5.10 Å². The van der Waals surface area contributed by atoms with Crippen molar-refractivity contribution < 1.29 is 27.6 Å². The molecule has 10 heteroatoms. The van der Waals surface area contributed by atoms with Crippen molar-refractivity contribution >= 4 is 29.1 Å². The lowest BCUT2D eigenvalue weighted by Gasteiger charge is -2.08. The molecule has 7 nitrogen and oxygen atoms in total. The van der Waals surface area contributed by atoms with E-state index in [0.717, 1.165) is 0 Å². The number of anilines is 1. The van der Waals surface area contributed by atoms with Gasteiger partial charge in [0.1, 0.15) is 0 Å². The Labute approximate surface area is 122 Å². The summed E-state index contributed by atoms with van der Waals surface area (Å²) in [6, 6.07) is 5.21. The fourth-order valence-corrected chi connectivity index (χ4v) is 1.25. The van der Waals surface area contributed by atoms with Gasteiger partial charge in [0.15, 0.2) is 0 Å². The van der Waals surface area contributed by atoms with Crippen molar-refractivity contribution in [2.24, 2.45) is 10.8 Å². The molecule has 1 rings (SSSR count). The Hall–Kier alpha value is -2.91. The zero-order chi connectivity index (χ0) is 16.9. The van der Waals surface area contributed by atoms with Crippen LogP contribution in [0.2, 0.25) is 0 Å². The highest BCUT2D eigenvalue weighted by Crippen LogP contribution is 2.18. The van der Waals surface area contributed by atoms with Crippen molar-refractivity contribution in [1.29, 1.82) is 0 Å².